The molecule has 0 aliphatic carbocycles. The number of halogens is 2. The molecule has 2 aromatic rings. The third kappa shape index (κ3) is 6.91. The summed E-state index contributed by atoms with van der Waals surface area (Å²) in [7, 11) is 0. The lowest BCUT2D eigenvalue weighted by Gasteiger charge is -2.27. The Balaban J connectivity index is 1.57. The Kier molecular flexibility index (Phi) is 9.30. The summed E-state index contributed by atoms with van der Waals surface area (Å²) in [5.41, 5.74) is 7.99. The van der Waals surface area contributed by atoms with Crippen molar-refractivity contribution < 1.29 is 24.8 Å². The molecule has 186 valence electrons. The van der Waals surface area contributed by atoms with Crippen LogP contribution in [0.4, 0.5) is 0 Å². The molecular formula is C24H31Cl2N3O5. The van der Waals surface area contributed by atoms with Crippen molar-refractivity contribution in [2.75, 3.05) is 32.2 Å². The zero-order valence-corrected chi connectivity index (χ0v) is 20.7. The Labute approximate surface area is 209 Å². The Morgan fingerprint density at radius 3 is 2.29 bits per heavy atom. The quantitative estimate of drug-likeness (QED) is 0.277. The van der Waals surface area contributed by atoms with Crippen molar-refractivity contribution in [2.45, 2.75) is 31.5 Å². The van der Waals surface area contributed by atoms with Gasteiger partial charge in [-0.05, 0) is 35.4 Å². The number of β-amino-alcohol motifs (C(OH)–C–C–N with tert-alkyl or cyclic N) is 1. The summed E-state index contributed by atoms with van der Waals surface area (Å²) < 4.78 is 11.3. The molecule has 5 N–H and O–H groups in total. The van der Waals surface area contributed by atoms with Gasteiger partial charge in [0.25, 0.3) is 0 Å². The van der Waals surface area contributed by atoms with Crippen molar-refractivity contribution >= 4 is 23.2 Å². The van der Waals surface area contributed by atoms with Crippen molar-refractivity contribution in [3.8, 4) is 11.5 Å². The molecule has 1 aliphatic heterocycles. The summed E-state index contributed by atoms with van der Waals surface area (Å²) >= 11 is 12.0. The number of ether oxygens (including phenoxy) is 2. The van der Waals surface area contributed by atoms with E-state index >= 15 is 0 Å². The third-order valence-electron chi connectivity index (χ3n) is 5.53. The van der Waals surface area contributed by atoms with Gasteiger partial charge in [-0.2, -0.15) is 0 Å². The van der Waals surface area contributed by atoms with Crippen LogP contribution in [0.25, 0.3) is 0 Å². The van der Waals surface area contributed by atoms with Gasteiger partial charge in [0.2, 0.25) is 0 Å². The standard InChI is InChI=1S/C24H31Cl2N3O5/c1-24(2,17-5-8-23(22(26)9-17)34-14-19(31)10-25)16-3-6-21(7-4-16)33-15-20(32)12-29-11-18(13-30)27-28-29/h3-9,11,19-20,27-28,30-32H,10,12-15H2,1-2H3/t19-,20+/m1/s1. The second-order valence-corrected chi connectivity index (χ2v) is 9.30. The minimum atomic E-state index is -0.749. The first kappa shape index (κ1) is 26.4. The van der Waals surface area contributed by atoms with Crippen LogP contribution in [0.5, 0.6) is 11.5 Å². The molecule has 0 saturated heterocycles. The number of hydrazine groups is 2. The van der Waals surface area contributed by atoms with Gasteiger partial charge < -0.3 is 30.2 Å². The number of rotatable bonds is 12. The fraction of sp³-hybridized carbons (Fsp3) is 0.417. The summed E-state index contributed by atoms with van der Waals surface area (Å²) in [5, 5.41) is 31.0. The van der Waals surface area contributed by atoms with Crippen LogP contribution in [-0.4, -0.2) is 64.8 Å². The molecule has 0 spiro atoms. The topological polar surface area (TPSA) is 106 Å². The van der Waals surface area contributed by atoms with Gasteiger partial charge in [-0.3, -0.25) is 5.01 Å². The maximum atomic E-state index is 10.2. The highest BCUT2D eigenvalue weighted by Crippen LogP contribution is 2.36. The average molecular weight is 512 g/mol. The fourth-order valence-corrected chi connectivity index (χ4v) is 3.74. The van der Waals surface area contributed by atoms with Crippen molar-refractivity contribution in [3.05, 3.63) is 70.5 Å². The van der Waals surface area contributed by atoms with Gasteiger partial charge in [0.05, 0.1) is 29.8 Å². The van der Waals surface area contributed by atoms with E-state index in [4.69, 9.17) is 37.8 Å². The Bertz CT molecular complexity index is 972. The number of aliphatic hydroxyl groups excluding tert-OH is 3. The normalized spacial score (nSPS) is 15.5. The Hall–Kier alpha value is -2.20. The number of nitrogens with zero attached hydrogens (tertiary/aromatic N) is 1. The molecule has 0 amide bonds. The van der Waals surface area contributed by atoms with Gasteiger partial charge in [-0.1, -0.05) is 43.6 Å². The lowest BCUT2D eigenvalue weighted by Crippen LogP contribution is -2.42. The number of hydrogen-bond donors (Lipinski definition) is 5. The predicted molar refractivity (Wildman–Crippen MR) is 132 cm³/mol. The maximum absolute atomic E-state index is 10.2. The van der Waals surface area contributed by atoms with E-state index in [9.17, 15) is 10.2 Å². The first-order chi connectivity index (χ1) is 16.2. The first-order valence-electron chi connectivity index (χ1n) is 10.9. The highest BCUT2D eigenvalue weighted by atomic mass is 35.5. The van der Waals surface area contributed by atoms with E-state index in [1.807, 2.05) is 36.4 Å². The number of nitrogens with one attached hydrogen (secondary N) is 2. The van der Waals surface area contributed by atoms with Crippen LogP contribution in [0.1, 0.15) is 25.0 Å². The largest absolute Gasteiger partial charge is 0.491 e. The molecule has 2 atom stereocenters. The highest BCUT2D eigenvalue weighted by molar-refractivity contribution is 6.32. The molecule has 0 saturated carbocycles. The molecule has 8 nitrogen and oxygen atoms in total. The van der Waals surface area contributed by atoms with E-state index in [1.54, 1.807) is 17.3 Å². The monoisotopic (exact) mass is 511 g/mol. The number of aliphatic hydroxyl groups is 3. The molecule has 0 unspecified atom stereocenters. The van der Waals surface area contributed by atoms with Gasteiger partial charge in [0.15, 0.2) is 0 Å². The molecule has 3 rings (SSSR count). The minimum absolute atomic E-state index is 0.0773. The van der Waals surface area contributed by atoms with Crippen molar-refractivity contribution in [1.82, 2.24) is 16.0 Å². The van der Waals surface area contributed by atoms with Crippen LogP contribution in [0.3, 0.4) is 0 Å². The molecular weight excluding hydrogens is 481 g/mol. The minimum Gasteiger partial charge on any atom is -0.491 e. The summed E-state index contributed by atoms with van der Waals surface area (Å²) in [5.74, 6) is 1.24. The maximum Gasteiger partial charge on any atom is 0.138 e. The predicted octanol–water partition coefficient (Wildman–Crippen LogP) is 2.54. The van der Waals surface area contributed by atoms with Gasteiger partial charge in [0.1, 0.15) is 36.9 Å². The molecule has 1 heterocycles. The second-order valence-electron chi connectivity index (χ2n) is 8.58. The van der Waals surface area contributed by atoms with E-state index in [-0.39, 0.29) is 31.1 Å². The SMILES string of the molecule is CC(C)(c1ccc(OC[C@@H](O)CN2C=C(CO)NN2)cc1)c1ccc(OC[C@H](O)CCl)c(Cl)c1. The van der Waals surface area contributed by atoms with Crippen molar-refractivity contribution in [1.29, 1.82) is 0 Å². The molecule has 34 heavy (non-hydrogen) atoms. The summed E-state index contributed by atoms with van der Waals surface area (Å²) in [6, 6.07) is 13.3. The zero-order chi connectivity index (χ0) is 24.7. The number of hydrogen-bond acceptors (Lipinski definition) is 8. The average Bonchev–Trinajstić information content (AvgIpc) is 3.29. The van der Waals surface area contributed by atoms with Crippen LogP contribution in [-0.2, 0) is 5.41 Å². The Morgan fingerprint density at radius 1 is 1.00 bits per heavy atom. The van der Waals surface area contributed by atoms with E-state index < -0.39 is 12.2 Å². The van der Waals surface area contributed by atoms with E-state index in [0.29, 0.717) is 28.8 Å². The summed E-state index contributed by atoms with van der Waals surface area (Å²) in [6.45, 7) is 4.59. The summed E-state index contributed by atoms with van der Waals surface area (Å²) in [4.78, 5) is 0. The molecule has 2 aromatic carbocycles. The fourth-order valence-electron chi connectivity index (χ4n) is 3.42. The molecule has 10 heteroatoms. The molecule has 1 aliphatic rings. The first-order valence-corrected chi connectivity index (χ1v) is 11.8. The molecule has 0 aromatic heterocycles. The summed E-state index contributed by atoms with van der Waals surface area (Å²) in [6.07, 6.45) is 0.211. The van der Waals surface area contributed by atoms with Crippen LogP contribution < -0.4 is 20.4 Å². The van der Waals surface area contributed by atoms with Crippen LogP contribution in [0, 0.1) is 0 Å². The van der Waals surface area contributed by atoms with E-state index in [1.165, 1.54) is 0 Å². The lowest BCUT2D eigenvalue weighted by atomic mass is 9.78. The van der Waals surface area contributed by atoms with Crippen molar-refractivity contribution in [2.24, 2.45) is 0 Å². The molecule has 0 bridgehead atoms. The van der Waals surface area contributed by atoms with Crippen LogP contribution in [0.2, 0.25) is 5.02 Å². The van der Waals surface area contributed by atoms with Gasteiger partial charge in [-0.15, -0.1) is 17.1 Å². The third-order valence-corrected chi connectivity index (χ3v) is 6.18. The second kappa shape index (κ2) is 12.0. The Morgan fingerprint density at radius 2 is 1.68 bits per heavy atom. The van der Waals surface area contributed by atoms with Crippen molar-refractivity contribution in [3.63, 3.8) is 0 Å². The van der Waals surface area contributed by atoms with E-state index in [0.717, 1.165) is 11.1 Å². The highest BCUT2D eigenvalue weighted by Gasteiger charge is 2.24. The van der Waals surface area contributed by atoms with Gasteiger partial charge in [-0.25, -0.2) is 0 Å². The number of alkyl halides is 1. The van der Waals surface area contributed by atoms with E-state index in [2.05, 4.69) is 24.8 Å². The molecule has 0 radical (unpaired) electrons. The van der Waals surface area contributed by atoms with Crippen LogP contribution >= 0.6 is 23.2 Å². The molecule has 0 fully saturated rings. The van der Waals surface area contributed by atoms with Gasteiger partial charge >= 0.3 is 0 Å². The number of benzene rings is 2. The zero-order valence-electron chi connectivity index (χ0n) is 19.2. The van der Waals surface area contributed by atoms with Gasteiger partial charge in [0, 0.05) is 11.6 Å². The van der Waals surface area contributed by atoms with Crippen LogP contribution in [0.15, 0.2) is 54.4 Å². The lowest BCUT2D eigenvalue weighted by molar-refractivity contribution is 0.0687. The smallest absolute Gasteiger partial charge is 0.138 e.